The lowest BCUT2D eigenvalue weighted by molar-refractivity contribution is -0.143. The number of nitrogens with two attached hydrogens (primary N) is 1. The zero-order valence-corrected chi connectivity index (χ0v) is 5.91. The van der Waals surface area contributed by atoms with Crippen molar-refractivity contribution in [3.8, 4) is 0 Å². The molecule has 0 aliphatic rings. The van der Waals surface area contributed by atoms with Crippen LogP contribution in [0.2, 0.25) is 0 Å². The Hall–Kier alpha value is -0.650. The lowest BCUT2D eigenvalue weighted by Gasteiger charge is -2.23. The number of ether oxygens (including phenoxy) is 1. The Balaban J connectivity index is 4.12. The summed E-state index contributed by atoms with van der Waals surface area (Å²) in [5, 5.41) is 17.4. The maximum atomic E-state index is 10.7. The van der Waals surface area contributed by atoms with Crippen molar-refractivity contribution >= 4 is 5.97 Å². The van der Waals surface area contributed by atoms with Gasteiger partial charge >= 0.3 is 5.97 Å². The van der Waals surface area contributed by atoms with Crippen LogP contribution < -0.4 is 5.73 Å². The quantitative estimate of drug-likeness (QED) is 0.340. The van der Waals surface area contributed by atoms with Gasteiger partial charge < -0.3 is 20.7 Å². The Morgan fingerprint density at radius 3 is 2.64 bits per heavy atom. The minimum absolute atomic E-state index is 0.544. The van der Waals surface area contributed by atoms with Crippen LogP contribution in [0, 0.1) is 0 Å². The third kappa shape index (κ3) is 3.92. The van der Waals surface area contributed by atoms with E-state index in [9.17, 15) is 4.79 Å². The molecule has 0 aliphatic heterocycles. The van der Waals surface area contributed by atoms with Gasteiger partial charge in [-0.15, -0.1) is 0 Å². The van der Waals surface area contributed by atoms with Gasteiger partial charge in [-0.2, -0.15) is 0 Å². The predicted molar refractivity (Wildman–Crippen MR) is 37.7 cm³/mol. The van der Waals surface area contributed by atoms with E-state index in [0.717, 1.165) is 0 Å². The Kier molecular flexibility index (Phi) is 2.31. The molecule has 0 aliphatic carbocycles. The summed E-state index contributed by atoms with van der Waals surface area (Å²) in [5.74, 6) is -1.41. The van der Waals surface area contributed by atoms with Crippen LogP contribution in [0.15, 0.2) is 0 Å². The molecule has 0 bridgehead atoms. The van der Waals surface area contributed by atoms with Gasteiger partial charge in [-0.1, -0.05) is 0 Å². The normalized spacial score (nSPS) is 16.5. The van der Waals surface area contributed by atoms with E-state index in [1.54, 1.807) is 0 Å². The fourth-order valence-electron chi connectivity index (χ4n) is 0.351. The highest BCUT2D eigenvalue weighted by molar-refractivity contribution is 5.65. The largest absolute Gasteiger partial charge is 0.464 e. The maximum Gasteiger partial charge on any atom is 0.302 e. The summed E-state index contributed by atoms with van der Waals surface area (Å²) in [6.07, 6.45) is 0. The molecule has 0 heterocycles. The lowest BCUT2D eigenvalue weighted by Crippen LogP contribution is -2.51. The highest BCUT2D eigenvalue weighted by Gasteiger charge is 2.24. The number of hydrogen-bond acceptors (Lipinski definition) is 5. The highest BCUT2D eigenvalue weighted by Crippen LogP contribution is 1.98. The first-order valence-corrected chi connectivity index (χ1v) is 2.93. The van der Waals surface area contributed by atoms with Crippen molar-refractivity contribution in [2.45, 2.75) is 12.4 Å². The van der Waals surface area contributed by atoms with E-state index in [4.69, 9.17) is 20.1 Å². The predicted octanol–water partition coefficient (Wildman–Crippen LogP) is -1.77. The minimum Gasteiger partial charge on any atom is -0.464 e. The number of hydrogen-bond donors (Lipinski definition) is 3. The van der Waals surface area contributed by atoms with Crippen molar-refractivity contribution in [3.63, 3.8) is 0 Å². The lowest BCUT2D eigenvalue weighted by atomic mass is 10.1. The van der Waals surface area contributed by atoms with Crippen LogP contribution in [-0.2, 0) is 9.53 Å². The summed E-state index contributed by atoms with van der Waals surface area (Å²) >= 11 is 0. The number of rotatable bonds is 4. The minimum atomic E-state index is -2.86. The number of carbonyl (C=O) groups is 1. The Morgan fingerprint density at radius 1 is 1.73 bits per heavy atom. The molecule has 5 nitrogen and oxygen atoms in total. The molecule has 0 radical (unpaired) electrons. The smallest absolute Gasteiger partial charge is 0.302 e. The number of carbonyl (C=O) groups excluding carboxylic acids is 1. The molecule has 0 fully saturated rings. The maximum absolute atomic E-state index is 10.7. The van der Waals surface area contributed by atoms with Gasteiger partial charge in [0.15, 0.2) is 0 Å². The average molecular weight is 167 g/mol. The molecule has 0 aromatic heterocycles. The van der Waals surface area contributed by atoms with Crippen LogP contribution in [-0.4, -0.2) is 41.5 Å². The van der Waals surface area contributed by atoms with Crippen LogP contribution in [0.3, 0.4) is 0 Å². The van der Waals surface area contributed by atoms with Gasteiger partial charge in [0.25, 0.3) is 0 Å². The molecule has 0 unspecified atom stereocenters. The van der Waals surface area contributed by atoms with Gasteiger partial charge in [0, 0.05) is 11.0 Å². The third-order valence-electron chi connectivity index (χ3n) is 1.12. The second kappa shape index (κ2) is 4.27. The standard InChI is InChI=1S/C6H13NO4/c1-5(10)11-4-6(7,2-8)3-9/h8-9H,2-4,7H2,1H3/i1D3,5+1. The number of esters is 1. The van der Waals surface area contributed by atoms with Crippen molar-refractivity contribution < 1.29 is 23.9 Å². The Morgan fingerprint density at radius 2 is 2.27 bits per heavy atom. The van der Waals surface area contributed by atoms with Gasteiger partial charge in [-0.25, -0.2) is 0 Å². The fourth-order valence-corrected chi connectivity index (χ4v) is 0.351. The molecule has 66 valence electrons. The molecule has 0 aromatic carbocycles. The molecular weight excluding hydrogens is 151 g/mol. The zero-order valence-electron chi connectivity index (χ0n) is 8.91. The highest BCUT2D eigenvalue weighted by atomic mass is 16.6. The average Bonchev–Trinajstić information content (AvgIpc) is 2.12. The van der Waals surface area contributed by atoms with Gasteiger partial charge in [-0.3, -0.25) is 4.79 Å². The van der Waals surface area contributed by atoms with E-state index in [1.807, 2.05) is 0 Å². The van der Waals surface area contributed by atoms with Crippen molar-refractivity contribution in [1.29, 1.82) is 0 Å². The third-order valence-corrected chi connectivity index (χ3v) is 1.12. The van der Waals surface area contributed by atoms with Gasteiger partial charge in [-0.05, 0) is 0 Å². The van der Waals surface area contributed by atoms with E-state index in [2.05, 4.69) is 4.74 Å². The van der Waals surface area contributed by atoms with Gasteiger partial charge in [0.05, 0.1) is 18.8 Å². The van der Waals surface area contributed by atoms with E-state index in [0.29, 0.717) is 0 Å². The first kappa shape index (κ1) is 5.93. The molecule has 0 saturated heterocycles. The van der Waals surface area contributed by atoms with Crippen LogP contribution in [0.25, 0.3) is 0 Å². The zero-order chi connectivity index (χ0) is 11.4. The summed E-state index contributed by atoms with van der Waals surface area (Å²) in [4.78, 5) is 10.7. The van der Waals surface area contributed by atoms with E-state index < -0.39 is 38.2 Å². The SMILES string of the molecule is [2H]C([2H])([2H])[13C](=O)OCC(N)(CO)CO. The van der Waals surface area contributed by atoms with Crippen molar-refractivity contribution in [2.75, 3.05) is 19.8 Å². The molecule has 0 aromatic rings. The summed E-state index contributed by atoms with van der Waals surface area (Å²) in [7, 11) is 0. The molecule has 5 heteroatoms. The Labute approximate surface area is 69.0 Å². The van der Waals surface area contributed by atoms with Gasteiger partial charge in [0.1, 0.15) is 6.61 Å². The molecule has 4 N–H and O–H groups in total. The fraction of sp³-hybridized carbons (Fsp3) is 0.833. The molecule has 0 amide bonds. The molecule has 0 rings (SSSR count). The topological polar surface area (TPSA) is 92.8 Å². The second-order valence-electron chi connectivity index (χ2n) is 2.25. The van der Waals surface area contributed by atoms with Crippen LogP contribution >= 0.6 is 0 Å². The van der Waals surface area contributed by atoms with Crippen molar-refractivity contribution in [3.05, 3.63) is 0 Å². The first-order valence-electron chi connectivity index (χ1n) is 4.43. The molecule has 0 spiro atoms. The van der Waals surface area contributed by atoms with Crippen LogP contribution in [0.5, 0.6) is 0 Å². The number of aliphatic hydroxyl groups is 2. The number of aliphatic hydroxyl groups excluding tert-OH is 2. The van der Waals surface area contributed by atoms with E-state index in [1.165, 1.54) is 0 Å². The first-order chi connectivity index (χ1) is 6.25. The molecular formula is C6H13NO4. The van der Waals surface area contributed by atoms with Crippen molar-refractivity contribution in [2.24, 2.45) is 5.73 Å². The summed E-state index contributed by atoms with van der Waals surface area (Å²) in [6.45, 7) is -4.63. The van der Waals surface area contributed by atoms with E-state index in [-0.39, 0.29) is 0 Å². The summed E-state index contributed by atoms with van der Waals surface area (Å²) in [5.41, 5.74) is 3.83. The van der Waals surface area contributed by atoms with Crippen LogP contribution in [0.4, 0.5) is 0 Å². The van der Waals surface area contributed by atoms with E-state index >= 15 is 0 Å². The summed E-state index contributed by atoms with van der Waals surface area (Å²) < 4.78 is 24.3. The molecule has 0 atom stereocenters. The van der Waals surface area contributed by atoms with Crippen LogP contribution in [0.1, 0.15) is 11.0 Å². The van der Waals surface area contributed by atoms with Gasteiger partial charge in [0.2, 0.25) is 0 Å². The summed E-state index contributed by atoms with van der Waals surface area (Å²) in [6, 6.07) is 0. The molecule has 0 saturated carbocycles. The Bertz CT molecular complexity index is 202. The second-order valence-corrected chi connectivity index (χ2v) is 2.25. The van der Waals surface area contributed by atoms with Crippen molar-refractivity contribution in [1.82, 2.24) is 0 Å². The monoisotopic (exact) mass is 167 g/mol. The molecule has 11 heavy (non-hydrogen) atoms.